The Hall–Kier alpha value is -1.23. The summed E-state index contributed by atoms with van der Waals surface area (Å²) in [5.41, 5.74) is 0. The molecule has 0 N–H and O–H groups in total. The summed E-state index contributed by atoms with van der Waals surface area (Å²) in [5, 5.41) is 0.291. The smallest absolute Gasteiger partial charge is 0.336 e. The molecule has 0 aliphatic rings. The lowest BCUT2D eigenvalue weighted by atomic mass is 10.3. The zero-order chi connectivity index (χ0) is 14.3. The zero-order valence-electron chi connectivity index (χ0n) is 9.52. The van der Waals surface area contributed by atoms with Crippen molar-refractivity contribution in [2.24, 2.45) is 0 Å². The van der Waals surface area contributed by atoms with Crippen LogP contribution in [0.2, 0.25) is 5.02 Å². The Kier molecular flexibility index (Phi) is 6.70. The highest BCUT2D eigenvalue weighted by molar-refractivity contribution is 6.44. The number of rotatable bonds is 5. The summed E-state index contributed by atoms with van der Waals surface area (Å²) in [6, 6.07) is 6.45. The van der Waals surface area contributed by atoms with Crippen molar-refractivity contribution in [2.45, 2.75) is 4.84 Å². The first-order valence-corrected chi connectivity index (χ1v) is 6.33. The minimum atomic E-state index is -0.813. The molecule has 4 nitrogen and oxygen atoms in total. The van der Waals surface area contributed by atoms with Gasteiger partial charge in [-0.1, -0.05) is 23.7 Å². The molecule has 0 fully saturated rings. The van der Waals surface area contributed by atoms with Gasteiger partial charge in [-0.25, -0.2) is 9.59 Å². The van der Waals surface area contributed by atoms with E-state index in [0.29, 0.717) is 5.02 Å². The summed E-state index contributed by atoms with van der Waals surface area (Å²) in [4.78, 5) is 21.7. The molecule has 0 aliphatic carbocycles. The largest absolute Gasteiger partial charge is 0.460 e. The molecule has 1 aromatic carbocycles. The predicted octanol–water partition coefficient (Wildman–Crippen LogP) is 3.15. The molecule has 0 bridgehead atoms. The standard InChI is InChI=1S/C12H9Cl3O4/c13-8-3-1-2-4-9(8)19-12(17)6-5-11(16)18-7-10(14)15/h1-6,10H,7H2/b6-5+. The number of esters is 2. The third kappa shape index (κ3) is 6.47. The van der Waals surface area contributed by atoms with E-state index in [1.165, 1.54) is 6.07 Å². The molecule has 0 aromatic heterocycles. The highest BCUT2D eigenvalue weighted by Gasteiger charge is 2.06. The Morgan fingerprint density at radius 2 is 1.79 bits per heavy atom. The number of ether oxygens (including phenoxy) is 2. The van der Waals surface area contributed by atoms with Crippen LogP contribution >= 0.6 is 34.8 Å². The van der Waals surface area contributed by atoms with E-state index >= 15 is 0 Å². The highest BCUT2D eigenvalue weighted by atomic mass is 35.5. The summed E-state index contributed by atoms with van der Waals surface area (Å²) >= 11 is 16.5. The van der Waals surface area contributed by atoms with E-state index in [4.69, 9.17) is 39.5 Å². The first-order chi connectivity index (χ1) is 8.99. The van der Waals surface area contributed by atoms with Crippen molar-refractivity contribution in [3.63, 3.8) is 0 Å². The molecule has 0 spiro atoms. The van der Waals surface area contributed by atoms with E-state index in [2.05, 4.69) is 4.74 Å². The van der Waals surface area contributed by atoms with E-state index in [1.54, 1.807) is 18.2 Å². The van der Waals surface area contributed by atoms with Crippen LogP contribution in [0.3, 0.4) is 0 Å². The average molecular weight is 324 g/mol. The summed E-state index contributed by atoms with van der Waals surface area (Å²) in [5.74, 6) is -1.30. The van der Waals surface area contributed by atoms with Crippen LogP contribution in [0.5, 0.6) is 5.75 Å². The van der Waals surface area contributed by atoms with Gasteiger partial charge in [0.25, 0.3) is 0 Å². The lowest BCUT2D eigenvalue weighted by Gasteiger charge is -2.03. The number of halogens is 3. The number of benzene rings is 1. The third-order valence-electron chi connectivity index (χ3n) is 1.75. The molecule has 0 saturated carbocycles. The monoisotopic (exact) mass is 322 g/mol. The maximum Gasteiger partial charge on any atom is 0.336 e. The second-order valence-electron chi connectivity index (χ2n) is 3.21. The molecular formula is C12H9Cl3O4. The number of para-hydroxylation sites is 1. The fourth-order valence-corrected chi connectivity index (χ4v) is 1.30. The van der Waals surface area contributed by atoms with Gasteiger partial charge in [0.2, 0.25) is 0 Å². The highest BCUT2D eigenvalue weighted by Crippen LogP contribution is 2.23. The topological polar surface area (TPSA) is 52.6 Å². The van der Waals surface area contributed by atoms with Crippen molar-refractivity contribution in [3.8, 4) is 5.75 Å². The van der Waals surface area contributed by atoms with Gasteiger partial charge in [0.15, 0.2) is 0 Å². The molecule has 102 valence electrons. The maximum atomic E-state index is 11.4. The van der Waals surface area contributed by atoms with Crippen molar-refractivity contribution < 1.29 is 19.1 Å². The van der Waals surface area contributed by atoms with Crippen LogP contribution in [0.1, 0.15) is 0 Å². The quantitative estimate of drug-likeness (QED) is 0.361. The van der Waals surface area contributed by atoms with Crippen LogP contribution in [0.15, 0.2) is 36.4 Å². The summed E-state index contributed by atoms with van der Waals surface area (Å²) < 4.78 is 9.51. The second kappa shape index (κ2) is 8.04. The molecule has 0 heterocycles. The van der Waals surface area contributed by atoms with Gasteiger partial charge < -0.3 is 9.47 Å². The maximum absolute atomic E-state index is 11.4. The Balaban J connectivity index is 2.47. The first-order valence-electron chi connectivity index (χ1n) is 5.08. The van der Waals surface area contributed by atoms with E-state index < -0.39 is 16.8 Å². The Bertz CT molecular complexity index is 486. The minimum absolute atomic E-state index is 0.161. The number of carbonyl (C=O) groups is 2. The first kappa shape index (κ1) is 15.8. The third-order valence-corrected chi connectivity index (χ3v) is 2.32. The zero-order valence-corrected chi connectivity index (χ0v) is 11.8. The van der Waals surface area contributed by atoms with Crippen LogP contribution in [0, 0.1) is 0 Å². The lowest BCUT2D eigenvalue weighted by molar-refractivity contribution is -0.138. The van der Waals surface area contributed by atoms with E-state index in [-0.39, 0.29) is 12.4 Å². The van der Waals surface area contributed by atoms with Crippen LogP contribution in [-0.2, 0) is 14.3 Å². The van der Waals surface area contributed by atoms with Crippen LogP contribution in [0.4, 0.5) is 0 Å². The summed E-state index contributed by atoms with van der Waals surface area (Å²) in [6.45, 7) is -0.161. The van der Waals surface area contributed by atoms with Crippen molar-refractivity contribution in [1.82, 2.24) is 0 Å². The summed E-state index contributed by atoms with van der Waals surface area (Å²) in [7, 11) is 0. The lowest BCUT2D eigenvalue weighted by Crippen LogP contribution is -2.09. The number of carbonyl (C=O) groups excluding carboxylic acids is 2. The van der Waals surface area contributed by atoms with Gasteiger partial charge in [-0.3, -0.25) is 0 Å². The molecular weight excluding hydrogens is 314 g/mol. The van der Waals surface area contributed by atoms with Crippen LogP contribution < -0.4 is 4.74 Å². The van der Waals surface area contributed by atoms with E-state index in [0.717, 1.165) is 12.2 Å². The second-order valence-corrected chi connectivity index (χ2v) is 4.89. The fourth-order valence-electron chi connectivity index (χ4n) is 0.999. The van der Waals surface area contributed by atoms with Crippen molar-refractivity contribution in [1.29, 1.82) is 0 Å². The Labute approximate surface area is 124 Å². The number of hydrogen-bond acceptors (Lipinski definition) is 4. The van der Waals surface area contributed by atoms with Crippen LogP contribution in [0.25, 0.3) is 0 Å². The SMILES string of the molecule is O=C(/C=C/C(=O)Oc1ccccc1Cl)OCC(Cl)Cl. The van der Waals surface area contributed by atoms with Gasteiger partial charge in [0, 0.05) is 12.2 Å². The molecule has 0 atom stereocenters. The van der Waals surface area contributed by atoms with Crippen molar-refractivity contribution in [2.75, 3.05) is 6.61 Å². The molecule has 0 amide bonds. The number of hydrogen-bond donors (Lipinski definition) is 0. The molecule has 1 aromatic rings. The van der Waals surface area contributed by atoms with Gasteiger partial charge in [0.05, 0.1) is 5.02 Å². The normalized spacial score (nSPS) is 10.7. The Morgan fingerprint density at radius 3 is 2.42 bits per heavy atom. The van der Waals surface area contributed by atoms with Crippen molar-refractivity contribution >= 4 is 46.7 Å². The van der Waals surface area contributed by atoms with E-state index in [1.807, 2.05) is 0 Å². The molecule has 0 aliphatic heterocycles. The molecule has 0 saturated heterocycles. The Morgan fingerprint density at radius 1 is 1.16 bits per heavy atom. The summed E-state index contributed by atoms with van der Waals surface area (Å²) in [6.07, 6.45) is 1.83. The molecule has 7 heteroatoms. The van der Waals surface area contributed by atoms with Gasteiger partial charge >= 0.3 is 11.9 Å². The number of alkyl halides is 2. The average Bonchev–Trinajstić information content (AvgIpc) is 2.36. The fraction of sp³-hybridized carbons (Fsp3) is 0.167. The molecule has 0 unspecified atom stereocenters. The minimum Gasteiger partial charge on any atom is -0.460 e. The van der Waals surface area contributed by atoms with Crippen LogP contribution in [-0.4, -0.2) is 23.4 Å². The van der Waals surface area contributed by atoms with Gasteiger partial charge in [0.1, 0.15) is 17.2 Å². The molecule has 19 heavy (non-hydrogen) atoms. The van der Waals surface area contributed by atoms with E-state index in [9.17, 15) is 9.59 Å². The van der Waals surface area contributed by atoms with Gasteiger partial charge in [-0.05, 0) is 12.1 Å². The molecule has 0 radical (unpaired) electrons. The predicted molar refractivity (Wildman–Crippen MR) is 72.7 cm³/mol. The van der Waals surface area contributed by atoms with Crippen molar-refractivity contribution in [3.05, 3.63) is 41.4 Å². The van der Waals surface area contributed by atoms with Gasteiger partial charge in [-0.15, -0.1) is 23.2 Å². The molecule has 1 rings (SSSR count). The van der Waals surface area contributed by atoms with Gasteiger partial charge in [-0.2, -0.15) is 0 Å².